The minimum absolute atomic E-state index is 0. The van der Waals surface area contributed by atoms with Gasteiger partial charge in [0.15, 0.2) is 0 Å². The van der Waals surface area contributed by atoms with E-state index in [1.54, 1.807) is 6.20 Å². The topological polar surface area (TPSA) is 103 Å². The molecule has 0 amide bonds. The van der Waals surface area contributed by atoms with Crippen molar-refractivity contribution < 1.29 is 0 Å². The van der Waals surface area contributed by atoms with Gasteiger partial charge in [0.2, 0.25) is 5.95 Å². The normalized spacial score (nSPS) is 19.8. The molecule has 0 unspecified atom stereocenters. The Labute approximate surface area is 201 Å². The minimum Gasteiger partial charge on any atom is -0.341 e. The van der Waals surface area contributed by atoms with Crippen molar-refractivity contribution >= 4 is 56.7 Å². The molecule has 4 heterocycles. The van der Waals surface area contributed by atoms with Crippen molar-refractivity contribution in [3.05, 3.63) is 51.4 Å². The summed E-state index contributed by atoms with van der Waals surface area (Å²) in [4.78, 5) is 29.5. The molecule has 4 N–H and O–H groups in total. The van der Waals surface area contributed by atoms with Crippen LogP contribution in [0.15, 0.2) is 45.8 Å². The molecule has 32 heavy (non-hydrogen) atoms. The monoisotopic (exact) mass is 519 g/mol. The number of benzene rings is 1. The smallest absolute Gasteiger partial charge is 0.261 e. The summed E-state index contributed by atoms with van der Waals surface area (Å²) in [7, 11) is 0. The van der Waals surface area contributed by atoms with E-state index in [2.05, 4.69) is 36.0 Å². The van der Waals surface area contributed by atoms with Crippen molar-refractivity contribution in [3.8, 4) is 0 Å². The SMILES string of the molecule is Cl.N[C@@H]1CCN(C2CCN(c3nc(Nc4cccc(Br)c4)c4c(=O)[nH]ccc4n3)CC2)C1. The number of likely N-dealkylation sites (tertiary alicyclic amines) is 1. The van der Waals surface area contributed by atoms with Gasteiger partial charge in [0.25, 0.3) is 5.56 Å². The number of pyridine rings is 1. The Morgan fingerprint density at radius 2 is 1.94 bits per heavy atom. The minimum atomic E-state index is -0.203. The summed E-state index contributed by atoms with van der Waals surface area (Å²) in [6.45, 7) is 3.88. The molecule has 0 saturated carbocycles. The van der Waals surface area contributed by atoms with E-state index in [0.29, 0.717) is 34.8 Å². The molecule has 2 aliphatic rings. The van der Waals surface area contributed by atoms with Crippen LogP contribution in [0, 0.1) is 0 Å². The summed E-state index contributed by atoms with van der Waals surface area (Å²) in [5.41, 5.74) is 7.38. The third-order valence-corrected chi connectivity index (χ3v) is 6.71. The predicted octanol–water partition coefficient (Wildman–Crippen LogP) is 3.25. The number of piperidine rings is 1. The second-order valence-electron chi connectivity index (χ2n) is 8.34. The van der Waals surface area contributed by atoms with Gasteiger partial charge in [0.1, 0.15) is 11.2 Å². The fraction of sp³-hybridized carbons (Fsp3) is 0.409. The molecule has 2 saturated heterocycles. The van der Waals surface area contributed by atoms with Gasteiger partial charge in [-0.1, -0.05) is 22.0 Å². The molecule has 8 nitrogen and oxygen atoms in total. The first kappa shape index (κ1) is 23.0. The molecule has 10 heteroatoms. The number of nitrogens with zero attached hydrogens (tertiary/aromatic N) is 4. The first-order valence-corrected chi connectivity index (χ1v) is 11.5. The van der Waals surface area contributed by atoms with Gasteiger partial charge in [-0.15, -0.1) is 12.4 Å². The van der Waals surface area contributed by atoms with Gasteiger partial charge in [0, 0.05) is 54.6 Å². The fourth-order valence-electron chi connectivity index (χ4n) is 4.59. The number of nitrogens with two attached hydrogens (primary N) is 1. The molecule has 2 aromatic heterocycles. The van der Waals surface area contributed by atoms with Crippen molar-refractivity contribution in [2.75, 3.05) is 36.4 Å². The molecule has 0 spiro atoms. The van der Waals surface area contributed by atoms with Crippen molar-refractivity contribution in [3.63, 3.8) is 0 Å². The molecule has 2 aliphatic heterocycles. The van der Waals surface area contributed by atoms with Crippen LogP contribution in [0.3, 0.4) is 0 Å². The standard InChI is InChI=1S/C22H26BrN7O.ClH/c23-14-2-1-3-16(12-14)26-20-19-18(4-8-25-21(19)31)27-22(28-20)29-10-6-17(7-11-29)30-9-5-15(24)13-30;/h1-4,8,12,15,17H,5-7,9-11,13,24H2,(H,25,31)(H,26,27,28);1H/t15-;/m1./s1. The maximum atomic E-state index is 12.5. The number of fused-ring (bicyclic) bond motifs is 1. The summed E-state index contributed by atoms with van der Waals surface area (Å²) in [5.74, 6) is 1.18. The molecule has 3 aromatic rings. The summed E-state index contributed by atoms with van der Waals surface area (Å²) in [6, 6.07) is 10.5. The first-order valence-electron chi connectivity index (χ1n) is 10.7. The van der Waals surface area contributed by atoms with E-state index in [1.807, 2.05) is 30.3 Å². The summed E-state index contributed by atoms with van der Waals surface area (Å²) >= 11 is 3.49. The van der Waals surface area contributed by atoms with Gasteiger partial charge in [-0.3, -0.25) is 9.69 Å². The zero-order valence-corrected chi connectivity index (χ0v) is 20.0. The van der Waals surface area contributed by atoms with Gasteiger partial charge in [-0.2, -0.15) is 4.98 Å². The lowest BCUT2D eigenvalue weighted by Crippen LogP contribution is -2.45. The van der Waals surface area contributed by atoms with Crippen molar-refractivity contribution in [1.82, 2.24) is 19.9 Å². The van der Waals surface area contributed by atoms with Crippen LogP contribution >= 0.6 is 28.3 Å². The number of rotatable bonds is 4. The second-order valence-corrected chi connectivity index (χ2v) is 9.25. The Bertz CT molecular complexity index is 1150. The summed E-state index contributed by atoms with van der Waals surface area (Å²) in [5, 5.41) is 3.78. The average molecular weight is 521 g/mol. The third kappa shape index (κ3) is 4.76. The molecule has 2 fully saturated rings. The Balaban J connectivity index is 0.00000245. The number of halogens is 2. The van der Waals surface area contributed by atoms with E-state index in [0.717, 1.165) is 55.6 Å². The fourth-order valence-corrected chi connectivity index (χ4v) is 4.99. The number of anilines is 3. The lowest BCUT2D eigenvalue weighted by molar-refractivity contribution is 0.205. The lowest BCUT2D eigenvalue weighted by atomic mass is 10.0. The van der Waals surface area contributed by atoms with Gasteiger partial charge in [-0.25, -0.2) is 4.98 Å². The van der Waals surface area contributed by atoms with E-state index >= 15 is 0 Å². The van der Waals surface area contributed by atoms with Crippen LogP contribution in [0.2, 0.25) is 0 Å². The van der Waals surface area contributed by atoms with Crippen molar-refractivity contribution in [2.24, 2.45) is 5.73 Å². The average Bonchev–Trinajstić information content (AvgIpc) is 3.20. The molecular weight excluding hydrogens is 494 g/mol. The van der Waals surface area contributed by atoms with Crippen LogP contribution in [-0.2, 0) is 0 Å². The highest BCUT2D eigenvalue weighted by atomic mass is 79.9. The van der Waals surface area contributed by atoms with E-state index < -0.39 is 0 Å². The van der Waals surface area contributed by atoms with Crippen molar-refractivity contribution in [2.45, 2.75) is 31.3 Å². The van der Waals surface area contributed by atoms with E-state index in [-0.39, 0.29) is 18.0 Å². The quantitative estimate of drug-likeness (QED) is 0.485. The van der Waals surface area contributed by atoms with Crippen LogP contribution in [0.5, 0.6) is 0 Å². The van der Waals surface area contributed by atoms with Crippen molar-refractivity contribution in [1.29, 1.82) is 0 Å². The van der Waals surface area contributed by atoms with Crippen LogP contribution in [0.4, 0.5) is 17.5 Å². The number of nitrogens with one attached hydrogen (secondary N) is 2. The zero-order chi connectivity index (χ0) is 21.4. The predicted molar refractivity (Wildman–Crippen MR) is 134 cm³/mol. The summed E-state index contributed by atoms with van der Waals surface area (Å²) < 4.78 is 0.952. The molecule has 0 bridgehead atoms. The highest BCUT2D eigenvalue weighted by molar-refractivity contribution is 9.10. The van der Waals surface area contributed by atoms with Gasteiger partial charge in [0.05, 0.1) is 5.52 Å². The van der Waals surface area contributed by atoms with Crippen LogP contribution in [-0.4, -0.2) is 58.1 Å². The number of aromatic nitrogens is 3. The largest absolute Gasteiger partial charge is 0.341 e. The Hall–Kier alpha value is -2.20. The maximum Gasteiger partial charge on any atom is 0.261 e. The number of hydrogen-bond donors (Lipinski definition) is 3. The third-order valence-electron chi connectivity index (χ3n) is 6.22. The molecule has 5 rings (SSSR count). The highest BCUT2D eigenvalue weighted by Crippen LogP contribution is 2.28. The molecule has 0 aliphatic carbocycles. The van der Waals surface area contributed by atoms with E-state index in [9.17, 15) is 4.79 Å². The number of H-pyrrole nitrogens is 1. The maximum absolute atomic E-state index is 12.5. The zero-order valence-electron chi connectivity index (χ0n) is 17.6. The molecule has 1 atom stereocenters. The van der Waals surface area contributed by atoms with E-state index in [4.69, 9.17) is 15.7 Å². The Morgan fingerprint density at radius 3 is 2.66 bits per heavy atom. The number of hydrogen-bond acceptors (Lipinski definition) is 7. The van der Waals surface area contributed by atoms with Crippen LogP contribution < -0.4 is 21.5 Å². The lowest BCUT2D eigenvalue weighted by Gasteiger charge is -2.36. The number of aromatic amines is 1. The van der Waals surface area contributed by atoms with E-state index in [1.165, 1.54) is 0 Å². The Morgan fingerprint density at radius 1 is 1.12 bits per heavy atom. The second kappa shape index (κ2) is 9.74. The molecule has 1 aromatic carbocycles. The van der Waals surface area contributed by atoms with Gasteiger partial charge in [-0.05, 0) is 43.5 Å². The summed E-state index contributed by atoms with van der Waals surface area (Å²) in [6.07, 6.45) is 4.86. The highest BCUT2D eigenvalue weighted by Gasteiger charge is 2.30. The first-order chi connectivity index (χ1) is 15.1. The molecule has 170 valence electrons. The van der Waals surface area contributed by atoms with Gasteiger partial charge < -0.3 is 20.9 Å². The Kier molecular flexibility index (Phi) is 6.99. The molecular formula is C22H27BrClN7O. The molecule has 0 radical (unpaired) electrons. The van der Waals surface area contributed by atoms with Crippen LogP contribution in [0.25, 0.3) is 10.9 Å². The van der Waals surface area contributed by atoms with Gasteiger partial charge >= 0.3 is 0 Å². The van der Waals surface area contributed by atoms with Crippen LogP contribution in [0.1, 0.15) is 19.3 Å².